The van der Waals surface area contributed by atoms with Crippen LogP contribution >= 0.6 is 0 Å². The van der Waals surface area contributed by atoms with E-state index in [4.69, 9.17) is 5.73 Å². The fourth-order valence-corrected chi connectivity index (χ4v) is 3.19. The number of ketones is 2. The highest BCUT2D eigenvalue weighted by Crippen LogP contribution is 2.26. The predicted octanol–water partition coefficient (Wildman–Crippen LogP) is 1.34. The first-order valence-corrected chi connectivity index (χ1v) is 8.15. The lowest BCUT2D eigenvalue weighted by atomic mass is 9.89. The van der Waals surface area contributed by atoms with Crippen molar-refractivity contribution in [3.8, 4) is 0 Å². The van der Waals surface area contributed by atoms with Gasteiger partial charge >= 0.3 is 0 Å². The van der Waals surface area contributed by atoms with E-state index in [2.05, 4.69) is 0 Å². The van der Waals surface area contributed by atoms with Crippen LogP contribution in [0.5, 0.6) is 0 Å². The van der Waals surface area contributed by atoms with Gasteiger partial charge in [0.05, 0.1) is 0 Å². The minimum Gasteiger partial charge on any atom is -0.328 e. The second-order valence-electron chi connectivity index (χ2n) is 4.90. The maximum absolute atomic E-state index is 12.7. The van der Waals surface area contributed by atoms with Gasteiger partial charge in [-0.1, -0.05) is 60.7 Å². The molecule has 0 saturated carbocycles. The number of carbonyl (C=O) groups excluding carboxylic acids is 2. The zero-order chi connectivity index (χ0) is 17.1. The smallest absolute Gasteiger partial charge is 0.287 e. The molecule has 2 aromatic carbocycles. The van der Waals surface area contributed by atoms with Crippen molar-refractivity contribution in [1.29, 1.82) is 0 Å². The molecular formula is C16H15NO5S. The highest BCUT2D eigenvalue weighted by atomic mass is 32.2. The lowest BCUT2D eigenvalue weighted by Crippen LogP contribution is -2.58. The van der Waals surface area contributed by atoms with Gasteiger partial charge in [-0.3, -0.25) is 14.1 Å². The van der Waals surface area contributed by atoms with Gasteiger partial charge in [-0.05, 0) is 0 Å². The number of hydrogen-bond donors (Lipinski definition) is 2. The minimum atomic E-state index is -5.10. The lowest BCUT2D eigenvalue weighted by molar-refractivity contribution is 0.0830. The Hall–Kier alpha value is -2.35. The van der Waals surface area contributed by atoms with Crippen LogP contribution in [0.15, 0.2) is 60.7 Å². The molecule has 2 rings (SSSR count). The molecule has 6 nitrogen and oxygen atoms in total. The summed E-state index contributed by atoms with van der Waals surface area (Å²) in [6.07, 6.45) is 0. The molecule has 0 amide bonds. The zero-order valence-electron chi connectivity index (χ0n) is 12.0. The van der Waals surface area contributed by atoms with Crippen LogP contribution in [0.3, 0.4) is 0 Å². The van der Waals surface area contributed by atoms with E-state index >= 15 is 0 Å². The Morgan fingerprint density at radius 3 is 1.48 bits per heavy atom. The van der Waals surface area contributed by atoms with Gasteiger partial charge in [0.25, 0.3) is 10.1 Å². The standard InChI is InChI=1S/C16H15NO5S/c17-11-16(23(20,21)22,14(18)12-7-3-1-4-8-12)15(19)13-9-5-2-6-10-13/h1-10H,11,17H2,(H,20,21,22). The molecule has 23 heavy (non-hydrogen) atoms. The fraction of sp³-hybridized carbons (Fsp3) is 0.125. The summed E-state index contributed by atoms with van der Waals surface area (Å²) < 4.78 is 30.8. The molecule has 0 aliphatic heterocycles. The summed E-state index contributed by atoms with van der Waals surface area (Å²) in [4.78, 5) is 25.4. The van der Waals surface area contributed by atoms with Gasteiger partial charge in [0.1, 0.15) is 0 Å². The van der Waals surface area contributed by atoms with E-state index in [-0.39, 0.29) is 11.1 Å². The van der Waals surface area contributed by atoms with E-state index in [1.54, 1.807) is 12.1 Å². The lowest BCUT2D eigenvalue weighted by Gasteiger charge is -2.26. The molecular weight excluding hydrogens is 318 g/mol. The predicted molar refractivity (Wildman–Crippen MR) is 84.9 cm³/mol. The number of nitrogens with two attached hydrogens (primary N) is 1. The van der Waals surface area contributed by atoms with Crippen molar-refractivity contribution in [3.05, 3.63) is 71.8 Å². The highest BCUT2D eigenvalue weighted by Gasteiger charge is 2.56. The number of carbonyl (C=O) groups is 2. The molecule has 0 heterocycles. The average molecular weight is 333 g/mol. The van der Waals surface area contributed by atoms with Gasteiger partial charge in [-0.15, -0.1) is 0 Å². The molecule has 7 heteroatoms. The summed E-state index contributed by atoms with van der Waals surface area (Å²) in [5.74, 6) is -2.12. The van der Waals surface area contributed by atoms with E-state index < -0.39 is 33.0 Å². The van der Waals surface area contributed by atoms with Crippen molar-refractivity contribution in [2.45, 2.75) is 4.75 Å². The molecule has 0 aromatic heterocycles. The van der Waals surface area contributed by atoms with Gasteiger partial charge in [0.2, 0.25) is 4.75 Å². The topological polar surface area (TPSA) is 115 Å². The first-order valence-electron chi connectivity index (χ1n) is 6.71. The van der Waals surface area contributed by atoms with Crippen molar-refractivity contribution in [2.75, 3.05) is 6.54 Å². The Morgan fingerprint density at radius 1 is 0.870 bits per heavy atom. The van der Waals surface area contributed by atoms with Gasteiger partial charge in [-0.25, -0.2) is 0 Å². The molecule has 0 spiro atoms. The van der Waals surface area contributed by atoms with E-state index in [1.165, 1.54) is 48.5 Å². The first-order chi connectivity index (χ1) is 10.8. The quantitative estimate of drug-likeness (QED) is 0.468. The maximum atomic E-state index is 12.7. The highest BCUT2D eigenvalue weighted by molar-refractivity contribution is 7.89. The molecule has 0 bridgehead atoms. The van der Waals surface area contributed by atoms with Gasteiger partial charge < -0.3 is 5.73 Å². The van der Waals surface area contributed by atoms with E-state index in [9.17, 15) is 22.6 Å². The van der Waals surface area contributed by atoms with E-state index in [0.29, 0.717) is 0 Å². The molecule has 120 valence electrons. The van der Waals surface area contributed by atoms with Crippen molar-refractivity contribution in [3.63, 3.8) is 0 Å². The third-order valence-corrected chi connectivity index (χ3v) is 4.95. The van der Waals surface area contributed by atoms with Crippen LogP contribution in [0.1, 0.15) is 20.7 Å². The summed E-state index contributed by atoms with van der Waals surface area (Å²) in [5, 5.41) is 0. The Balaban J connectivity index is 2.67. The molecule has 0 radical (unpaired) electrons. The van der Waals surface area contributed by atoms with Crippen LogP contribution in [-0.2, 0) is 10.1 Å². The van der Waals surface area contributed by atoms with Gasteiger partial charge in [-0.2, -0.15) is 8.42 Å². The molecule has 0 aliphatic carbocycles. The molecule has 2 aromatic rings. The summed E-state index contributed by atoms with van der Waals surface area (Å²) in [5.41, 5.74) is 5.43. The third-order valence-electron chi connectivity index (χ3n) is 3.53. The normalized spacial score (nSPS) is 11.9. The van der Waals surface area contributed by atoms with Crippen LogP contribution in [0.2, 0.25) is 0 Å². The first kappa shape index (κ1) is 17.0. The van der Waals surface area contributed by atoms with Crippen molar-refractivity contribution >= 4 is 21.7 Å². The van der Waals surface area contributed by atoms with E-state index in [1.807, 2.05) is 0 Å². The zero-order valence-corrected chi connectivity index (χ0v) is 12.9. The largest absolute Gasteiger partial charge is 0.328 e. The summed E-state index contributed by atoms with van der Waals surface area (Å²) in [7, 11) is -5.10. The van der Waals surface area contributed by atoms with Crippen LogP contribution in [0.4, 0.5) is 0 Å². The van der Waals surface area contributed by atoms with Crippen molar-refractivity contribution in [2.24, 2.45) is 5.73 Å². The molecule has 3 N–H and O–H groups in total. The maximum Gasteiger partial charge on any atom is 0.287 e. The Labute approximate surface area is 133 Å². The minimum absolute atomic E-state index is 0.0279. The van der Waals surface area contributed by atoms with Gasteiger partial charge in [0.15, 0.2) is 11.6 Å². The SMILES string of the molecule is NCC(C(=O)c1ccccc1)(C(=O)c1ccccc1)S(=O)(=O)O. The number of Topliss-reactive ketones (excluding diaryl/α,β-unsaturated/α-hetero) is 2. The van der Waals surface area contributed by atoms with E-state index in [0.717, 1.165) is 0 Å². The Kier molecular flexibility index (Phi) is 4.74. The number of rotatable bonds is 6. The van der Waals surface area contributed by atoms with Crippen LogP contribution in [-0.4, -0.2) is 35.8 Å². The summed E-state index contributed by atoms with van der Waals surface area (Å²) >= 11 is 0. The van der Waals surface area contributed by atoms with Crippen LogP contribution in [0, 0.1) is 0 Å². The fourth-order valence-electron chi connectivity index (χ4n) is 2.27. The second-order valence-corrected chi connectivity index (χ2v) is 6.54. The van der Waals surface area contributed by atoms with Crippen molar-refractivity contribution < 1.29 is 22.6 Å². The average Bonchev–Trinajstić information content (AvgIpc) is 2.56. The molecule has 0 atom stereocenters. The molecule has 0 fully saturated rings. The third kappa shape index (κ3) is 2.94. The second kappa shape index (κ2) is 6.41. The van der Waals surface area contributed by atoms with Crippen molar-refractivity contribution in [1.82, 2.24) is 0 Å². The van der Waals surface area contributed by atoms with Crippen LogP contribution in [0.25, 0.3) is 0 Å². The monoisotopic (exact) mass is 333 g/mol. The van der Waals surface area contributed by atoms with Crippen LogP contribution < -0.4 is 5.73 Å². The van der Waals surface area contributed by atoms with Gasteiger partial charge in [0, 0.05) is 17.7 Å². The number of benzene rings is 2. The Bertz CT molecular complexity index is 765. The Morgan fingerprint density at radius 2 is 1.22 bits per heavy atom. The molecule has 0 saturated heterocycles. The molecule has 0 unspecified atom stereocenters. The number of hydrogen-bond acceptors (Lipinski definition) is 5. The molecule has 0 aliphatic rings. The summed E-state index contributed by atoms with van der Waals surface area (Å²) in [6.45, 7) is -0.868. The summed E-state index contributed by atoms with van der Waals surface area (Å²) in [6, 6.07) is 14.8.